The summed E-state index contributed by atoms with van der Waals surface area (Å²) in [4.78, 5) is 12.6. The van der Waals surface area contributed by atoms with Crippen molar-refractivity contribution < 1.29 is 14.3 Å². The first-order chi connectivity index (χ1) is 11.8. The van der Waals surface area contributed by atoms with Crippen molar-refractivity contribution in [2.45, 2.75) is 57.6 Å². The molecular formula is C20H32N2O3. The summed E-state index contributed by atoms with van der Waals surface area (Å²) in [5.41, 5.74) is 0.686. The van der Waals surface area contributed by atoms with Crippen molar-refractivity contribution in [1.29, 1.82) is 0 Å². The van der Waals surface area contributed by atoms with Gasteiger partial charge in [0.2, 0.25) is 0 Å². The van der Waals surface area contributed by atoms with Crippen LogP contribution in [0.4, 0.5) is 0 Å². The van der Waals surface area contributed by atoms with Gasteiger partial charge in [-0.25, -0.2) is 0 Å². The van der Waals surface area contributed by atoms with E-state index in [1.807, 2.05) is 19.1 Å². The molecule has 5 heteroatoms. The van der Waals surface area contributed by atoms with E-state index in [-0.39, 0.29) is 17.4 Å². The quantitative estimate of drug-likeness (QED) is 0.830. The zero-order chi connectivity index (χ0) is 18.5. The lowest BCUT2D eigenvalue weighted by Crippen LogP contribution is -2.56. The van der Waals surface area contributed by atoms with Gasteiger partial charge < -0.3 is 20.1 Å². The van der Waals surface area contributed by atoms with E-state index in [4.69, 9.17) is 9.47 Å². The Morgan fingerprint density at radius 3 is 2.36 bits per heavy atom. The third kappa shape index (κ3) is 5.19. The van der Waals surface area contributed by atoms with Crippen molar-refractivity contribution >= 4 is 5.91 Å². The Labute approximate surface area is 151 Å². The normalized spacial score (nSPS) is 18.4. The summed E-state index contributed by atoms with van der Waals surface area (Å²) in [5, 5.41) is 6.29. The number of piperidine rings is 1. The molecule has 2 rings (SSSR count). The Bertz CT molecular complexity index is 557. The molecule has 0 aromatic heterocycles. The van der Waals surface area contributed by atoms with Gasteiger partial charge in [-0.05, 0) is 56.0 Å². The molecule has 1 aliphatic heterocycles. The van der Waals surface area contributed by atoms with Crippen molar-refractivity contribution in [3.63, 3.8) is 0 Å². The van der Waals surface area contributed by atoms with E-state index in [0.29, 0.717) is 19.4 Å². The summed E-state index contributed by atoms with van der Waals surface area (Å²) in [7, 11) is 1.61. The Morgan fingerprint density at radius 2 is 1.84 bits per heavy atom. The van der Waals surface area contributed by atoms with Gasteiger partial charge in [0.05, 0.1) is 6.04 Å². The van der Waals surface area contributed by atoms with Crippen molar-refractivity contribution in [2.24, 2.45) is 0 Å². The third-order valence-corrected chi connectivity index (χ3v) is 4.81. The standard InChI is InChI=1S/C20H32N2O3/c1-15(22-18(23)20(24-5)10-12-21-13-11-20)14-25-17-8-6-16(7-9-17)19(2,3)4/h6-9,15,21H,10-14H2,1-5H3,(H,22,23). The Morgan fingerprint density at radius 1 is 1.24 bits per heavy atom. The van der Waals surface area contributed by atoms with E-state index >= 15 is 0 Å². The molecule has 1 heterocycles. The van der Waals surface area contributed by atoms with Gasteiger partial charge in [-0.15, -0.1) is 0 Å². The average Bonchev–Trinajstić information content (AvgIpc) is 2.60. The van der Waals surface area contributed by atoms with Crippen LogP contribution in [0.1, 0.15) is 46.1 Å². The minimum Gasteiger partial charge on any atom is -0.491 e. The maximum absolute atomic E-state index is 12.6. The summed E-state index contributed by atoms with van der Waals surface area (Å²) >= 11 is 0. The average molecular weight is 348 g/mol. The van der Waals surface area contributed by atoms with Gasteiger partial charge in [0, 0.05) is 7.11 Å². The molecule has 0 aliphatic carbocycles. The second-order valence-corrected chi connectivity index (χ2v) is 7.91. The van der Waals surface area contributed by atoms with E-state index in [1.54, 1.807) is 7.11 Å². The van der Waals surface area contributed by atoms with Gasteiger partial charge in [-0.3, -0.25) is 4.79 Å². The lowest BCUT2D eigenvalue weighted by Gasteiger charge is -2.35. The molecule has 5 nitrogen and oxygen atoms in total. The molecule has 0 radical (unpaired) electrons. The Kier molecular flexibility index (Phi) is 6.47. The first-order valence-corrected chi connectivity index (χ1v) is 9.07. The highest BCUT2D eigenvalue weighted by Gasteiger charge is 2.40. The van der Waals surface area contributed by atoms with Crippen LogP contribution in [0.2, 0.25) is 0 Å². The SMILES string of the molecule is COC1(C(=O)NC(C)COc2ccc(C(C)(C)C)cc2)CCNCC1. The first-order valence-electron chi connectivity index (χ1n) is 9.07. The smallest absolute Gasteiger partial charge is 0.252 e. The van der Waals surface area contributed by atoms with Crippen LogP contribution < -0.4 is 15.4 Å². The topological polar surface area (TPSA) is 59.6 Å². The number of rotatable bonds is 6. The lowest BCUT2D eigenvalue weighted by atomic mass is 9.87. The molecule has 0 spiro atoms. The predicted molar refractivity (Wildman–Crippen MR) is 100 cm³/mol. The monoisotopic (exact) mass is 348 g/mol. The summed E-state index contributed by atoms with van der Waals surface area (Å²) < 4.78 is 11.4. The van der Waals surface area contributed by atoms with Crippen molar-refractivity contribution in [1.82, 2.24) is 10.6 Å². The molecule has 0 saturated carbocycles. The van der Waals surface area contributed by atoms with Crippen LogP contribution in [0.3, 0.4) is 0 Å². The molecule has 25 heavy (non-hydrogen) atoms. The number of carbonyl (C=O) groups is 1. The second-order valence-electron chi connectivity index (χ2n) is 7.91. The third-order valence-electron chi connectivity index (χ3n) is 4.81. The largest absolute Gasteiger partial charge is 0.491 e. The van der Waals surface area contributed by atoms with E-state index in [1.165, 1.54) is 5.56 Å². The van der Waals surface area contributed by atoms with Crippen molar-refractivity contribution in [3.05, 3.63) is 29.8 Å². The first kappa shape index (κ1) is 19.7. The Hall–Kier alpha value is -1.59. The number of amides is 1. The molecule has 1 atom stereocenters. The zero-order valence-corrected chi connectivity index (χ0v) is 16.1. The van der Waals surface area contributed by atoms with E-state index < -0.39 is 5.60 Å². The molecule has 1 unspecified atom stereocenters. The number of hydrogen-bond acceptors (Lipinski definition) is 4. The number of benzene rings is 1. The summed E-state index contributed by atoms with van der Waals surface area (Å²) in [6.45, 7) is 10.5. The van der Waals surface area contributed by atoms with Crippen LogP contribution >= 0.6 is 0 Å². The fourth-order valence-corrected chi connectivity index (χ4v) is 3.02. The zero-order valence-electron chi connectivity index (χ0n) is 16.1. The molecular weight excluding hydrogens is 316 g/mol. The van der Waals surface area contributed by atoms with E-state index in [0.717, 1.165) is 18.8 Å². The van der Waals surface area contributed by atoms with E-state index in [2.05, 4.69) is 43.5 Å². The van der Waals surface area contributed by atoms with Gasteiger partial charge in [-0.2, -0.15) is 0 Å². The van der Waals surface area contributed by atoms with Gasteiger partial charge in [0.15, 0.2) is 0 Å². The molecule has 0 bridgehead atoms. The van der Waals surface area contributed by atoms with Gasteiger partial charge >= 0.3 is 0 Å². The number of hydrogen-bond donors (Lipinski definition) is 2. The molecule has 1 aliphatic rings. The molecule has 1 amide bonds. The van der Waals surface area contributed by atoms with Crippen LogP contribution in [0.25, 0.3) is 0 Å². The van der Waals surface area contributed by atoms with Gasteiger partial charge in [0.25, 0.3) is 5.91 Å². The van der Waals surface area contributed by atoms with Crippen LogP contribution in [0.5, 0.6) is 5.75 Å². The maximum Gasteiger partial charge on any atom is 0.252 e. The fourth-order valence-electron chi connectivity index (χ4n) is 3.02. The highest BCUT2D eigenvalue weighted by molar-refractivity contribution is 5.85. The number of nitrogens with one attached hydrogen (secondary N) is 2. The molecule has 2 N–H and O–H groups in total. The predicted octanol–water partition coefficient (Wildman–Crippen LogP) is 2.64. The van der Waals surface area contributed by atoms with Crippen molar-refractivity contribution in [2.75, 3.05) is 26.8 Å². The van der Waals surface area contributed by atoms with Gasteiger partial charge in [0.1, 0.15) is 18.0 Å². The van der Waals surface area contributed by atoms with Gasteiger partial charge in [-0.1, -0.05) is 32.9 Å². The number of carbonyl (C=O) groups excluding carboxylic acids is 1. The molecule has 1 aromatic rings. The molecule has 140 valence electrons. The maximum atomic E-state index is 12.6. The Balaban J connectivity index is 1.85. The lowest BCUT2D eigenvalue weighted by molar-refractivity contribution is -0.147. The number of methoxy groups -OCH3 is 1. The minimum absolute atomic E-state index is 0.0457. The summed E-state index contributed by atoms with van der Waals surface area (Å²) in [6, 6.07) is 8.06. The van der Waals surface area contributed by atoms with Crippen LogP contribution in [0.15, 0.2) is 24.3 Å². The number of ether oxygens (including phenoxy) is 2. The van der Waals surface area contributed by atoms with Crippen LogP contribution in [-0.2, 0) is 14.9 Å². The van der Waals surface area contributed by atoms with Crippen LogP contribution in [-0.4, -0.2) is 44.4 Å². The van der Waals surface area contributed by atoms with E-state index in [9.17, 15) is 4.79 Å². The van der Waals surface area contributed by atoms with Crippen LogP contribution in [0, 0.1) is 0 Å². The molecule has 1 fully saturated rings. The fraction of sp³-hybridized carbons (Fsp3) is 0.650. The minimum atomic E-state index is -0.714. The summed E-state index contributed by atoms with van der Waals surface area (Å²) in [5.74, 6) is 0.771. The molecule has 1 saturated heterocycles. The van der Waals surface area contributed by atoms with Crippen molar-refractivity contribution in [3.8, 4) is 5.75 Å². The summed E-state index contributed by atoms with van der Waals surface area (Å²) in [6.07, 6.45) is 1.38. The highest BCUT2D eigenvalue weighted by Crippen LogP contribution is 2.25. The molecule has 1 aromatic carbocycles. The second kappa shape index (κ2) is 8.19. The highest BCUT2D eigenvalue weighted by atomic mass is 16.5.